The number of rotatable bonds is 3. The lowest BCUT2D eigenvalue weighted by atomic mass is 9.79. The number of amides is 4. The first kappa shape index (κ1) is 23.3. The molecule has 2 aliphatic heterocycles. The van der Waals surface area contributed by atoms with Crippen molar-refractivity contribution in [3.8, 4) is 0 Å². The number of imide groups is 2. The lowest BCUT2D eigenvalue weighted by molar-refractivity contribution is -0.122. The normalized spacial score (nSPS) is 21.3. The number of hydrogen-bond donors (Lipinski definition) is 1. The van der Waals surface area contributed by atoms with Gasteiger partial charge in [-0.05, 0) is 80.6 Å². The summed E-state index contributed by atoms with van der Waals surface area (Å²) >= 11 is 12.2. The number of hydrogen-bond acceptors (Lipinski definition) is 4. The third-order valence-electron chi connectivity index (χ3n) is 6.29. The van der Waals surface area contributed by atoms with Gasteiger partial charge in [0.2, 0.25) is 0 Å². The quantitative estimate of drug-likeness (QED) is 0.442. The van der Waals surface area contributed by atoms with Crippen molar-refractivity contribution in [3.63, 3.8) is 0 Å². The van der Waals surface area contributed by atoms with Crippen molar-refractivity contribution in [2.75, 3.05) is 16.3 Å². The number of fused-ring (bicyclic) bond motifs is 1. The monoisotopic (exact) mass is 485 g/mol. The van der Waals surface area contributed by atoms with Crippen LogP contribution >= 0.6 is 23.2 Å². The highest BCUT2D eigenvalue weighted by Gasteiger charge is 2.38. The number of anilines is 2. The van der Waals surface area contributed by atoms with Gasteiger partial charge in [0.25, 0.3) is 11.8 Å². The second-order valence-corrected chi connectivity index (χ2v) is 9.88. The van der Waals surface area contributed by atoms with Crippen LogP contribution in [0, 0.1) is 0 Å². The molecule has 4 rings (SSSR count). The van der Waals surface area contributed by atoms with Crippen LogP contribution in [0.3, 0.4) is 0 Å². The zero-order chi connectivity index (χ0) is 24.1. The molecular formula is C25H25Cl2N3O3. The van der Waals surface area contributed by atoms with Crippen LogP contribution in [0.5, 0.6) is 0 Å². The predicted octanol–water partition coefficient (Wildman–Crippen LogP) is 5.77. The van der Waals surface area contributed by atoms with Crippen molar-refractivity contribution >= 4 is 58.5 Å². The fraction of sp³-hybridized carbons (Fsp3) is 0.320. The highest BCUT2D eigenvalue weighted by molar-refractivity contribution is 6.42. The molecule has 0 spiro atoms. The summed E-state index contributed by atoms with van der Waals surface area (Å²) in [7, 11) is 0. The number of barbiturate groups is 1. The van der Waals surface area contributed by atoms with Crippen LogP contribution in [0.25, 0.3) is 6.08 Å². The van der Waals surface area contributed by atoms with Gasteiger partial charge in [-0.1, -0.05) is 36.2 Å². The first-order valence-corrected chi connectivity index (χ1v) is 11.6. The zero-order valence-electron chi connectivity index (χ0n) is 18.9. The number of nitrogens with zero attached hydrogens (tertiary/aromatic N) is 2. The molecule has 4 amide bonds. The summed E-state index contributed by atoms with van der Waals surface area (Å²) in [6, 6.07) is 9.51. The smallest absolute Gasteiger partial charge is 0.335 e. The van der Waals surface area contributed by atoms with Crippen LogP contribution in [0.1, 0.15) is 51.2 Å². The van der Waals surface area contributed by atoms with Crippen molar-refractivity contribution in [1.82, 2.24) is 5.32 Å². The molecule has 0 bridgehead atoms. The van der Waals surface area contributed by atoms with Gasteiger partial charge in [-0.3, -0.25) is 14.9 Å². The Labute approximate surface area is 203 Å². The third kappa shape index (κ3) is 4.13. The van der Waals surface area contributed by atoms with Crippen LogP contribution in [0.15, 0.2) is 42.0 Å². The highest BCUT2D eigenvalue weighted by Crippen LogP contribution is 2.43. The summed E-state index contributed by atoms with van der Waals surface area (Å²) in [5.41, 5.74) is 3.10. The summed E-state index contributed by atoms with van der Waals surface area (Å²) in [5.74, 6) is -1.17. The molecule has 2 aliphatic rings. The number of urea groups is 1. The van der Waals surface area contributed by atoms with Gasteiger partial charge in [-0.2, -0.15) is 0 Å². The van der Waals surface area contributed by atoms with Crippen LogP contribution in [0.4, 0.5) is 16.2 Å². The van der Waals surface area contributed by atoms with E-state index in [9.17, 15) is 14.4 Å². The van der Waals surface area contributed by atoms with Gasteiger partial charge in [-0.25, -0.2) is 9.69 Å². The van der Waals surface area contributed by atoms with Gasteiger partial charge in [0.1, 0.15) is 5.57 Å². The SMILES string of the molecule is CCN1c2ccc(/C=C3/C(=O)NC(=O)N(c4ccc(Cl)cc4Cl)C3=O)cc2C(C)CC1(C)C. The van der Waals surface area contributed by atoms with E-state index in [4.69, 9.17) is 23.2 Å². The Kier molecular flexibility index (Phi) is 6.01. The molecule has 1 saturated heterocycles. The maximum atomic E-state index is 13.2. The predicted molar refractivity (Wildman–Crippen MR) is 132 cm³/mol. The molecule has 8 heteroatoms. The third-order valence-corrected chi connectivity index (χ3v) is 6.83. The molecular weight excluding hydrogens is 461 g/mol. The fourth-order valence-electron chi connectivity index (χ4n) is 4.90. The largest absolute Gasteiger partial charge is 0.366 e. The van der Waals surface area contributed by atoms with Crippen molar-refractivity contribution in [3.05, 3.63) is 63.1 Å². The topological polar surface area (TPSA) is 69.7 Å². The highest BCUT2D eigenvalue weighted by atomic mass is 35.5. The van der Waals surface area contributed by atoms with Crippen molar-refractivity contribution < 1.29 is 14.4 Å². The molecule has 2 heterocycles. The van der Waals surface area contributed by atoms with Gasteiger partial charge in [0.15, 0.2) is 0 Å². The number of carbonyl (C=O) groups excluding carboxylic acids is 3. The maximum Gasteiger partial charge on any atom is 0.335 e. The van der Waals surface area contributed by atoms with Crippen LogP contribution in [-0.4, -0.2) is 29.9 Å². The molecule has 1 unspecified atom stereocenters. The lowest BCUT2D eigenvalue weighted by Crippen LogP contribution is -2.54. The minimum Gasteiger partial charge on any atom is -0.366 e. The van der Waals surface area contributed by atoms with Gasteiger partial charge in [0.05, 0.1) is 10.7 Å². The Morgan fingerprint density at radius 1 is 1.09 bits per heavy atom. The van der Waals surface area contributed by atoms with E-state index in [1.165, 1.54) is 29.8 Å². The van der Waals surface area contributed by atoms with E-state index in [0.717, 1.165) is 23.6 Å². The second kappa shape index (κ2) is 8.50. The standard InChI is InChI=1S/C25H25Cl2N3O3/c1-5-29-20-8-6-15(10-17(20)14(2)13-25(29,3)4)11-18-22(31)28-24(33)30(23(18)32)21-9-7-16(26)12-19(21)27/h6-12,14H,5,13H2,1-4H3,(H,28,31,33)/b18-11-. The lowest BCUT2D eigenvalue weighted by Gasteiger charge is -2.47. The van der Waals surface area contributed by atoms with Crippen LogP contribution in [0.2, 0.25) is 10.0 Å². The summed E-state index contributed by atoms with van der Waals surface area (Å²) in [6.45, 7) is 9.68. The number of carbonyl (C=O) groups is 3. The van der Waals surface area contributed by atoms with Crippen LogP contribution < -0.4 is 15.1 Å². The number of halogens is 2. The minimum atomic E-state index is -0.855. The van der Waals surface area contributed by atoms with E-state index in [-0.39, 0.29) is 21.8 Å². The van der Waals surface area contributed by atoms with Crippen molar-refractivity contribution in [2.24, 2.45) is 0 Å². The Bertz CT molecular complexity index is 1210. The second-order valence-electron chi connectivity index (χ2n) is 9.03. The molecule has 1 N–H and O–H groups in total. The summed E-state index contributed by atoms with van der Waals surface area (Å²) < 4.78 is 0. The van der Waals surface area contributed by atoms with Gasteiger partial charge >= 0.3 is 6.03 Å². The molecule has 2 aromatic rings. The molecule has 1 fully saturated rings. The summed E-state index contributed by atoms with van der Waals surface area (Å²) in [5, 5.41) is 2.73. The van der Waals surface area contributed by atoms with E-state index >= 15 is 0 Å². The molecule has 0 aliphatic carbocycles. The van der Waals surface area contributed by atoms with E-state index in [1.54, 1.807) is 0 Å². The Morgan fingerprint density at radius 2 is 1.79 bits per heavy atom. The maximum absolute atomic E-state index is 13.2. The molecule has 0 saturated carbocycles. The minimum absolute atomic E-state index is 0.0408. The van der Waals surface area contributed by atoms with Gasteiger partial charge in [-0.15, -0.1) is 0 Å². The number of nitrogens with one attached hydrogen (secondary N) is 1. The first-order valence-electron chi connectivity index (χ1n) is 10.8. The Hall–Kier alpha value is -2.83. The number of benzene rings is 2. The molecule has 0 aromatic heterocycles. The van der Waals surface area contributed by atoms with Crippen molar-refractivity contribution in [1.29, 1.82) is 0 Å². The average Bonchev–Trinajstić information content (AvgIpc) is 2.72. The molecule has 172 valence electrons. The van der Waals surface area contributed by atoms with E-state index in [1.807, 2.05) is 18.2 Å². The average molecular weight is 486 g/mol. The Balaban J connectivity index is 1.74. The van der Waals surface area contributed by atoms with Crippen LogP contribution in [-0.2, 0) is 9.59 Å². The van der Waals surface area contributed by atoms with Gasteiger partial charge < -0.3 is 4.90 Å². The van der Waals surface area contributed by atoms with E-state index in [2.05, 4.69) is 37.9 Å². The Morgan fingerprint density at radius 3 is 2.45 bits per heavy atom. The van der Waals surface area contributed by atoms with Gasteiger partial charge in [0, 0.05) is 22.8 Å². The van der Waals surface area contributed by atoms with Crippen molar-refractivity contribution in [2.45, 2.75) is 45.6 Å². The molecule has 0 radical (unpaired) electrons. The molecule has 6 nitrogen and oxygen atoms in total. The first-order chi connectivity index (χ1) is 15.5. The summed E-state index contributed by atoms with van der Waals surface area (Å²) in [6.07, 6.45) is 2.51. The zero-order valence-corrected chi connectivity index (χ0v) is 20.4. The summed E-state index contributed by atoms with van der Waals surface area (Å²) in [4.78, 5) is 41.5. The van der Waals surface area contributed by atoms with E-state index in [0.29, 0.717) is 16.5 Å². The van der Waals surface area contributed by atoms with E-state index < -0.39 is 17.8 Å². The molecule has 33 heavy (non-hydrogen) atoms. The molecule has 2 aromatic carbocycles. The molecule has 1 atom stereocenters. The fourth-order valence-corrected chi connectivity index (χ4v) is 5.40.